The number of nitrogens with zero attached hydrogens (tertiary/aromatic N) is 1. The van der Waals surface area contributed by atoms with Crippen molar-refractivity contribution in [2.24, 2.45) is 0 Å². The lowest BCUT2D eigenvalue weighted by Crippen LogP contribution is -2.20. The van der Waals surface area contributed by atoms with Gasteiger partial charge in [0, 0.05) is 25.2 Å². The largest absolute Gasteiger partial charge is 0.435 e. The first kappa shape index (κ1) is 15.9. The topological polar surface area (TPSA) is 55.8 Å². The maximum Gasteiger partial charge on any atom is 0.435 e. The summed E-state index contributed by atoms with van der Waals surface area (Å²) in [5.74, 6) is 0.280. The Morgan fingerprint density at radius 2 is 1.74 bits per heavy atom. The fourth-order valence-corrected chi connectivity index (χ4v) is 2.25. The van der Waals surface area contributed by atoms with Crippen LogP contribution in [0.4, 0.5) is 4.79 Å². The van der Waals surface area contributed by atoms with Crippen molar-refractivity contribution in [3.8, 4) is 5.75 Å². The summed E-state index contributed by atoms with van der Waals surface area (Å²) in [6, 6.07) is 6.37. The minimum atomic E-state index is -0.462. The van der Waals surface area contributed by atoms with Gasteiger partial charge >= 0.3 is 6.09 Å². The minimum absolute atomic E-state index is 0.0336. The summed E-state index contributed by atoms with van der Waals surface area (Å²) in [6.45, 7) is 0.0336. The molecule has 0 fully saturated rings. The standard InChI is InChI=1S/C12H15NO4S2/c1-16-8-11(14)9-4-6-10(7-5-9)17-12(15)13(18-2)19-3/h4-7H,8H2,1-3H3. The number of rotatable bonds is 6. The number of carbonyl (C=O) groups is 2. The van der Waals surface area contributed by atoms with Gasteiger partial charge in [0.15, 0.2) is 5.78 Å². The third-order valence-electron chi connectivity index (χ3n) is 2.14. The van der Waals surface area contributed by atoms with Crippen LogP contribution in [0.2, 0.25) is 0 Å². The molecule has 0 radical (unpaired) electrons. The summed E-state index contributed by atoms with van der Waals surface area (Å²) >= 11 is 2.53. The zero-order chi connectivity index (χ0) is 14.3. The fourth-order valence-electron chi connectivity index (χ4n) is 1.28. The molecule has 1 aromatic rings. The average molecular weight is 301 g/mol. The summed E-state index contributed by atoms with van der Waals surface area (Å²) in [6.07, 6.45) is 3.10. The van der Waals surface area contributed by atoms with Crippen LogP contribution in [0.25, 0.3) is 0 Å². The van der Waals surface area contributed by atoms with Crippen LogP contribution in [0.3, 0.4) is 0 Å². The first-order chi connectivity index (χ1) is 9.12. The number of methoxy groups -OCH3 is 1. The highest BCUT2D eigenvalue weighted by Gasteiger charge is 2.14. The molecule has 7 heteroatoms. The van der Waals surface area contributed by atoms with Gasteiger partial charge in [0.2, 0.25) is 0 Å². The van der Waals surface area contributed by atoms with E-state index in [9.17, 15) is 9.59 Å². The van der Waals surface area contributed by atoms with Gasteiger partial charge in [-0.15, -0.1) is 0 Å². The van der Waals surface area contributed by atoms with Crippen LogP contribution in [-0.2, 0) is 4.74 Å². The lowest BCUT2D eigenvalue weighted by atomic mass is 10.1. The molecule has 5 nitrogen and oxygen atoms in total. The van der Waals surface area contributed by atoms with Gasteiger partial charge in [-0.05, 0) is 48.2 Å². The molecule has 1 rings (SSSR count). The monoisotopic (exact) mass is 301 g/mol. The summed E-state index contributed by atoms with van der Waals surface area (Å²) in [7, 11) is 1.47. The Labute approximate surface area is 120 Å². The molecule has 0 saturated heterocycles. The van der Waals surface area contributed by atoms with Gasteiger partial charge in [-0.2, -0.15) is 3.71 Å². The highest BCUT2D eigenvalue weighted by molar-refractivity contribution is 8.12. The molecule has 0 aromatic heterocycles. The molecule has 0 saturated carbocycles. The zero-order valence-electron chi connectivity index (χ0n) is 10.9. The van der Waals surface area contributed by atoms with Gasteiger partial charge in [-0.3, -0.25) is 4.79 Å². The van der Waals surface area contributed by atoms with Crippen molar-refractivity contribution in [2.45, 2.75) is 0 Å². The van der Waals surface area contributed by atoms with E-state index in [1.807, 2.05) is 0 Å². The molecule has 0 heterocycles. The van der Waals surface area contributed by atoms with E-state index in [-0.39, 0.29) is 12.4 Å². The lowest BCUT2D eigenvalue weighted by molar-refractivity contribution is 0.0848. The predicted molar refractivity (Wildman–Crippen MR) is 77.5 cm³/mol. The average Bonchev–Trinajstić information content (AvgIpc) is 2.41. The Morgan fingerprint density at radius 3 is 2.21 bits per heavy atom. The molecule has 0 aliphatic heterocycles. The van der Waals surface area contributed by atoms with E-state index in [2.05, 4.69) is 0 Å². The van der Waals surface area contributed by atoms with E-state index >= 15 is 0 Å². The Bertz CT molecular complexity index is 432. The second kappa shape index (κ2) is 8.08. The van der Waals surface area contributed by atoms with Crippen molar-refractivity contribution in [1.29, 1.82) is 0 Å². The first-order valence-electron chi connectivity index (χ1n) is 5.34. The number of ketones is 1. The maximum absolute atomic E-state index is 11.7. The number of hydrogen-bond acceptors (Lipinski definition) is 6. The summed E-state index contributed by atoms with van der Waals surface area (Å²) < 4.78 is 11.3. The third-order valence-corrected chi connectivity index (χ3v) is 3.99. The lowest BCUT2D eigenvalue weighted by Gasteiger charge is -2.14. The second-order valence-corrected chi connectivity index (χ2v) is 5.06. The quantitative estimate of drug-likeness (QED) is 0.595. The molecule has 1 aromatic carbocycles. The van der Waals surface area contributed by atoms with Crippen LogP contribution in [0.15, 0.2) is 24.3 Å². The normalized spacial score (nSPS) is 10.1. The van der Waals surface area contributed by atoms with Crippen LogP contribution < -0.4 is 4.74 Å². The molecule has 0 unspecified atom stereocenters. The molecule has 0 spiro atoms. The van der Waals surface area contributed by atoms with E-state index in [4.69, 9.17) is 9.47 Å². The van der Waals surface area contributed by atoms with Gasteiger partial charge in [0.05, 0.1) is 0 Å². The predicted octanol–water partition coefficient (Wildman–Crippen LogP) is 2.87. The van der Waals surface area contributed by atoms with Crippen molar-refractivity contribution in [3.63, 3.8) is 0 Å². The minimum Gasteiger partial charge on any atom is -0.409 e. The van der Waals surface area contributed by atoms with E-state index in [1.54, 1.807) is 36.8 Å². The van der Waals surface area contributed by atoms with Crippen LogP contribution in [0, 0.1) is 0 Å². The number of ether oxygens (including phenoxy) is 2. The van der Waals surface area contributed by atoms with E-state index in [0.29, 0.717) is 11.3 Å². The molecule has 104 valence electrons. The van der Waals surface area contributed by atoms with Gasteiger partial charge in [0.1, 0.15) is 12.4 Å². The van der Waals surface area contributed by atoms with Crippen molar-refractivity contribution in [1.82, 2.24) is 3.71 Å². The molecule has 1 amide bonds. The molecule has 0 N–H and O–H groups in total. The highest BCUT2D eigenvalue weighted by Crippen LogP contribution is 2.20. The molecule has 0 bridgehead atoms. The summed E-state index contributed by atoms with van der Waals surface area (Å²) in [5.41, 5.74) is 0.522. The highest BCUT2D eigenvalue weighted by atomic mass is 32.2. The molecule has 0 aliphatic rings. The second-order valence-electron chi connectivity index (χ2n) is 3.37. The third kappa shape index (κ3) is 4.77. The Morgan fingerprint density at radius 1 is 1.16 bits per heavy atom. The van der Waals surface area contributed by atoms with Gasteiger partial charge in [0.25, 0.3) is 0 Å². The van der Waals surface area contributed by atoms with Crippen LogP contribution >= 0.6 is 23.9 Å². The maximum atomic E-state index is 11.7. The SMILES string of the molecule is COCC(=O)c1ccc(OC(=O)N(SC)SC)cc1. The number of amides is 1. The van der Waals surface area contributed by atoms with E-state index in [1.165, 1.54) is 34.7 Å². The zero-order valence-corrected chi connectivity index (χ0v) is 12.5. The molecule has 19 heavy (non-hydrogen) atoms. The van der Waals surface area contributed by atoms with Gasteiger partial charge in [-0.1, -0.05) is 0 Å². The Balaban J connectivity index is 2.66. The number of benzene rings is 1. The van der Waals surface area contributed by atoms with Crippen molar-refractivity contribution < 1.29 is 19.1 Å². The van der Waals surface area contributed by atoms with Crippen molar-refractivity contribution in [2.75, 3.05) is 26.2 Å². The van der Waals surface area contributed by atoms with Crippen LogP contribution in [-0.4, -0.2) is 41.8 Å². The summed E-state index contributed by atoms with van der Waals surface area (Å²) in [5, 5.41) is 0. The Kier molecular flexibility index (Phi) is 6.75. The molecular formula is C12H15NO4S2. The smallest absolute Gasteiger partial charge is 0.409 e. The van der Waals surface area contributed by atoms with Gasteiger partial charge < -0.3 is 9.47 Å². The van der Waals surface area contributed by atoms with E-state index < -0.39 is 6.09 Å². The Hall–Kier alpha value is -1.18. The van der Waals surface area contributed by atoms with Crippen molar-refractivity contribution in [3.05, 3.63) is 29.8 Å². The molecular weight excluding hydrogens is 286 g/mol. The van der Waals surface area contributed by atoms with Crippen LogP contribution in [0.1, 0.15) is 10.4 Å². The number of Topliss-reactive ketones (excluding diaryl/α,β-unsaturated/α-hetero) is 1. The first-order valence-corrected chi connectivity index (χ1v) is 7.71. The van der Waals surface area contributed by atoms with Crippen molar-refractivity contribution >= 4 is 35.8 Å². The molecule has 0 aliphatic carbocycles. The fraction of sp³-hybridized carbons (Fsp3) is 0.333. The van der Waals surface area contributed by atoms with Gasteiger partial charge in [-0.25, -0.2) is 4.79 Å². The summed E-state index contributed by atoms with van der Waals surface area (Å²) in [4.78, 5) is 23.2. The van der Waals surface area contributed by atoms with Crippen LogP contribution in [0.5, 0.6) is 5.75 Å². The number of carbonyl (C=O) groups excluding carboxylic acids is 2. The number of hydrogen-bond donors (Lipinski definition) is 0. The van der Waals surface area contributed by atoms with E-state index in [0.717, 1.165) is 0 Å². The molecule has 0 atom stereocenters.